The van der Waals surface area contributed by atoms with E-state index in [1.54, 1.807) is 18.3 Å². The third kappa shape index (κ3) is 4.50. The monoisotopic (exact) mass is 272 g/mol. The SMILES string of the molecule is CN(CCCNc1cc(C#N)ccn1)C1CCCCC1. The van der Waals surface area contributed by atoms with Crippen molar-refractivity contribution < 1.29 is 0 Å². The molecule has 0 aliphatic heterocycles. The summed E-state index contributed by atoms with van der Waals surface area (Å²) in [6, 6.07) is 6.43. The molecule has 0 unspecified atom stereocenters. The van der Waals surface area contributed by atoms with Crippen LogP contribution in [0.4, 0.5) is 5.82 Å². The molecule has 0 amide bonds. The van der Waals surface area contributed by atoms with Gasteiger partial charge < -0.3 is 10.2 Å². The first-order valence-corrected chi connectivity index (χ1v) is 7.60. The molecule has 2 rings (SSSR count). The molecule has 1 saturated carbocycles. The van der Waals surface area contributed by atoms with Gasteiger partial charge in [-0.1, -0.05) is 19.3 Å². The van der Waals surface area contributed by atoms with Gasteiger partial charge in [0.1, 0.15) is 5.82 Å². The lowest BCUT2D eigenvalue weighted by Crippen LogP contribution is -2.34. The topological polar surface area (TPSA) is 52.0 Å². The molecule has 0 saturated heterocycles. The van der Waals surface area contributed by atoms with Gasteiger partial charge in [-0.25, -0.2) is 4.98 Å². The van der Waals surface area contributed by atoms with Gasteiger partial charge in [-0.05, 0) is 45.0 Å². The number of hydrogen-bond acceptors (Lipinski definition) is 4. The highest BCUT2D eigenvalue weighted by molar-refractivity contribution is 5.42. The number of anilines is 1. The van der Waals surface area contributed by atoms with Crippen molar-refractivity contribution in [1.29, 1.82) is 5.26 Å². The minimum absolute atomic E-state index is 0.654. The molecule has 0 radical (unpaired) electrons. The largest absolute Gasteiger partial charge is 0.370 e. The smallest absolute Gasteiger partial charge is 0.127 e. The predicted molar refractivity (Wildman–Crippen MR) is 81.6 cm³/mol. The average molecular weight is 272 g/mol. The summed E-state index contributed by atoms with van der Waals surface area (Å²) < 4.78 is 0. The number of hydrogen-bond donors (Lipinski definition) is 1. The summed E-state index contributed by atoms with van der Waals surface area (Å²) in [6.45, 7) is 2.02. The van der Waals surface area contributed by atoms with Gasteiger partial charge in [0.25, 0.3) is 0 Å². The average Bonchev–Trinajstić information content (AvgIpc) is 2.52. The molecular weight excluding hydrogens is 248 g/mol. The first-order chi connectivity index (χ1) is 9.79. The molecular formula is C16H24N4. The van der Waals surface area contributed by atoms with Crippen LogP contribution in [0, 0.1) is 11.3 Å². The van der Waals surface area contributed by atoms with Gasteiger partial charge in [0.2, 0.25) is 0 Å². The van der Waals surface area contributed by atoms with Gasteiger partial charge in [0.15, 0.2) is 0 Å². The zero-order valence-corrected chi connectivity index (χ0v) is 12.3. The van der Waals surface area contributed by atoms with E-state index in [4.69, 9.17) is 5.26 Å². The van der Waals surface area contributed by atoms with Gasteiger partial charge in [0.05, 0.1) is 11.6 Å². The Hall–Kier alpha value is -1.60. The van der Waals surface area contributed by atoms with E-state index in [9.17, 15) is 0 Å². The number of rotatable bonds is 6. The molecule has 4 heteroatoms. The molecule has 108 valence electrons. The van der Waals surface area contributed by atoms with Crippen LogP contribution in [0.3, 0.4) is 0 Å². The van der Waals surface area contributed by atoms with Crippen LogP contribution < -0.4 is 5.32 Å². The molecule has 4 nitrogen and oxygen atoms in total. The number of aromatic nitrogens is 1. The fourth-order valence-corrected chi connectivity index (χ4v) is 2.85. The summed E-state index contributed by atoms with van der Waals surface area (Å²) in [6.07, 6.45) is 9.68. The fraction of sp³-hybridized carbons (Fsp3) is 0.625. The second-order valence-electron chi connectivity index (χ2n) is 5.59. The minimum atomic E-state index is 0.654. The summed E-state index contributed by atoms with van der Waals surface area (Å²) in [7, 11) is 2.24. The van der Waals surface area contributed by atoms with Crippen LogP contribution in [-0.2, 0) is 0 Å². The summed E-state index contributed by atoms with van der Waals surface area (Å²) in [5.74, 6) is 0.796. The van der Waals surface area contributed by atoms with E-state index in [2.05, 4.69) is 28.3 Å². The van der Waals surface area contributed by atoms with E-state index in [0.717, 1.165) is 31.4 Å². The molecule has 0 spiro atoms. The van der Waals surface area contributed by atoms with Crippen molar-refractivity contribution in [3.05, 3.63) is 23.9 Å². The highest BCUT2D eigenvalue weighted by atomic mass is 15.1. The third-order valence-corrected chi connectivity index (χ3v) is 4.08. The van der Waals surface area contributed by atoms with Crippen LogP contribution in [0.5, 0.6) is 0 Å². The molecule has 1 aromatic rings. The lowest BCUT2D eigenvalue weighted by molar-refractivity contribution is 0.191. The number of nitrogens with zero attached hydrogens (tertiary/aromatic N) is 3. The Balaban J connectivity index is 1.66. The first-order valence-electron chi connectivity index (χ1n) is 7.60. The van der Waals surface area contributed by atoms with Crippen molar-refractivity contribution >= 4 is 5.82 Å². The minimum Gasteiger partial charge on any atom is -0.370 e. The standard InChI is InChI=1S/C16H24N4/c1-20(15-6-3-2-4-7-15)11-5-9-18-16-12-14(13-17)8-10-19-16/h8,10,12,15H,2-7,9,11H2,1H3,(H,18,19). The zero-order chi connectivity index (χ0) is 14.2. The lowest BCUT2D eigenvalue weighted by Gasteiger charge is -2.31. The van der Waals surface area contributed by atoms with Crippen molar-refractivity contribution in [1.82, 2.24) is 9.88 Å². The summed E-state index contributed by atoms with van der Waals surface area (Å²) in [5, 5.41) is 12.1. The molecule has 0 atom stereocenters. The summed E-state index contributed by atoms with van der Waals surface area (Å²) in [5.41, 5.74) is 0.654. The third-order valence-electron chi connectivity index (χ3n) is 4.08. The Morgan fingerprint density at radius 3 is 2.95 bits per heavy atom. The molecule has 1 aliphatic rings. The molecule has 1 N–H and O–H groups in total. The van der Waals surface area contributed by atoms with Crippen LogP contribution in [-0.4, -0.2) is 36.1 Å². The van der Waals surface area contributed by atoms with Crippen molar-refractivity contribution in [3.8, 4) is 6.07 Å². The summed E-state index contributed by atoms with van der Waals surface area (Å²) >= 11 is 0. The van der Waals surface area contributed by atoms with Crippen LogP contribution in [0.2, 0.25) is 0 Å². The van der Waals surface area contributed by atoms with Crippen LogP contribution in [0.25, 0.3) is 0 Å². The predicted octanol–water partition coefficient (Wildman–Crippen LogP) is 3.02. The molecule has 1 fully saturated rings. The first kappa shape index (κ1) is 14.8. The molecule has 1 heterocycles. The normalized spacial score (nSPS) is 16.1. The van der Waals surface area contributed by atoms with Crippen molar-refractivity contribution in [2.75, 3.05) is 25.5 Å². The van der Waals surface area contributed by atoms with Gasteiger partial charge >= 0.3 is 0 Å². The van der Waals surface area contributed by atoms with Gasteiger partial charge in [-0.15, -0.1) is 0 Å². The van der Waals surface area contributed by atoms with Gasteiger partial charge in [-0.3, -0.25) is 0 Å². The Bertz CT molecular complexity index is 446. The molecule has 0 bridgehead atoms. The van der Waals surface area contributed by atoms with Gasteiger partial charge in [-0.2, -0.15) is 5.26 Å². The number of pyridine rings is 1. The van der Waals surface area contributed by atoms with Gasteiger partial charge in [0, 0.05) is 18.8 Å². The van der Waals surface area contributed by atoms with Crippen molar-refractivity contribution in [2.45, 2.75) is 44.6 Å². The van der Waals surface area contributed by atoms with Crippen molar-refractivity contribution in [3.63, 3.8) is 0 Å². The Kier molecular flexibility index (Phi) is 5.82. The van der Waals surface area contributed by atoms with E-state index in [1.165, 1.54) is 32.1 Å². The second-order valence-corrected chi connectivity index (χ2v) is 5.59. The van der Waals surface area contributed by atoms with Crippen LogP contribution >= 0.6 is 0 Å². The second kappa shape index (κ2) is 7.86. The maximum Gasteiger partial charge on any atom is 0.127 e. The van der Waals surface area contributed by atoms with Crippen LogP contribution in [0.15, 0.2) is 18.3 Å². The van der Waals surface area contributed by atoms with E-state index < -0.39 is 0 Å². The lowest BCUT2D eigenvalue weighted by atomic mass is 9.94. The van der Waals surface area contributed by atoms with Crippen molar-refractivity contribution in [2.24, 2.45) is 0 Å². The Morgan fingerprint density at radius 2 is 2.20 bits per heavy atom. The van der Waals surface area contributed by atoms with Crippen LogP contribution in [0.1, 0.15) is 44.1 Å². The maximum atomic E-state index is 8.84. The number of nitrogens with one attached hydrogen (secondary N) is 1. The molecule has 1 aliphatic carbocycles. The highest BCUT2D eigenvalue weighted by Crippen LogP contribution is 2.21. The van der Waals surface area contributed by atoms with E-state index in [1.807, 2.05) is 0 Å². The fourth-order valence-electron chi connectivity index (χ4n) is 2.85. The Labute approximate surface area is 121 Å². The Morgan fingerprint density at radius 1 is 1.40 bits per heavy atom. The highest BCUT2D eigenvalue weighted by Gasteiger charge is 2.17. The maximum absolute atomic E-state index is 8.84. The quantitative estimate of drug-likeness (QED) is 0.809. The molecule has 0 aromatic carbocycles. The molecule has 1 aromatic heterocycles. The van der Waals surface area contributed by atoms with E-state index in [-0.39, 0.29) is 0 Å². The number of nitriles is 1. The van der Waals surface area contributed by atoms with E-state index >= 15 is 0 Å². The van der Waals surface area contributed by atoms with E-state index in [0.29, 0.717) is 5.56 Å². The zero-order valence-electron chi connectivity index (χ0n) is 12.3. The molecule has 20 heavy (non-hydrogen) atoms. The summed E-state index contributed by atoms with van der Waals surface area (Å²) in [4.78, 5) is 6.72.